The van der Waals surface area contributed by atoms with Crippen LogP contribution in [0.1, 0.15) is 22.3 Å². The normalized spacial score (nSPS) is 10.4. The van der Waals surface area contributed by atoms with Gasteiger partial charge in [-0.1, -0.05) is 28.1 Å². The molecule has 0 heterocycles. The number of benzene rings is 1. The molecule has 0 amide bonds. The van der Waals surface area contributed by atoms with Gasteiger partial charge in [0.25, 0.3) is 12.2 Å². The largest absolute Gasteiger partial charge is 0.475 e. The van der Waals surface area contributed by atoms with Crippen LogP contribution in [0.5, 0.6) is 0 Å². The van der Waals surface area contributed by atoms with Crippen molar-refractivity contribution >= 4 is 27.7 Å². The first kappa shape index (κ1) is 11.8. The molecule has 1 N–H and O–H groups in total. The van der Waals surface area contributed by atoms with E-state index >= 15 is 0 Å². The molecule has 1 rings (SSSR count). The lowest BCUT2D eigenvalue weighted by Gasteiger charge is -2.04. The second-order valence-corrected chi connectivity index (χ2v) is 3.53. The van der Waals surface area contributed by atoms with Crippen LogP contribution in [0.3, 0.4) is 0 Å². The Kier molecular flexibility index (Phi) is 3.52. The molecule has 0 aliphatic carbocycles. The first-order valence-electron chi connectivity index (χ1n) is 3.78. The zero-order valence-electron chi connectivity index (χ0n) is 7.21. The van der Waals surface area contributed by atoms with Gasteiger partial charge in [-0.05, 0) is 6.07 Å². The molecule has 0 unspecified atom stereocenters. The third kappa shape index (κ3) is 2.59. The summed E-state index contributed by atoms with van der Waals surface area (Å²) in [5.74, 6) is -2.75. The zero-order chi connectivity index (χ0) is 11.6. The topological polar surface area (TPSA) is 54.4 Å². The Morgan fingerprint density at radius 2 is 1.93 bits per heavy atom. The van der Waals surface area contributed by atoms with E-state index in [-0.39, 0.29) is 15.6 Å². The Morgan fingerprint density at radius 1 is 1.33 bits per heavy atom. The summed E-state index contributed by atoms with van der Waals surface area (Å²) < 4.78 is 24.6. The molecule has 0 fully saturated rings. The van der Waals surface area contributed by atoms with Crippen LogP contribution in [-0.4, -0.2) is 16.9 Å². The molecule has 0 radical (unpaired) electrons. The Bertz CT molecular complexity index is 418. The molecule has 0 spiro atoms. The maximum Gasteiger partial charge on any atom is 0.377 e. The van der Waals surface area contributed by atoms with Gasteiger partial charge in [-0.15, -0.1) is 0 Å². The summed E-state index contributed by atoms with van der Waals surface area (Å²) in [4.78, 5) is 21.3. The van der Waals surface area contributed by atoms with Crippen molar-refractivity contribution in [3.8, 4) is 0 Å². The number of hydrogen-bond donors (Lipinski definition) is 1. The van der Waals surface area contributed by atoms with Crippen molar-refractivity contribution in [3.05, 3.63) is 33.8 Å². The average molecular weight is 279 g/mol. The highest BCUT2D eigenvalue weighted by molar-refractivity contribution is 9.10. The van der Waals surface area contributed by atoms with Crippen LogP contribution < -0.4 is 0 Å². The van der Waals surface area contributed by atoms with E-state index in [9.17, 15) is 18.4 Å². The predicted octanol–water partition coefficient (Wildman–Crippen LogP) is 2.65. The van der Waals surface area contributed by atoms with Crippen molar-refractivity contribution in [3.63, 3.8) is 0 Å². The predicted molar refractivity (Wildman–Crippen MR) is 51.1 cm³/mol. The van der Waals surface area contributed by atoms with Crippen molar-refractivity contribution in [2.75, 3.05) is 0 Å². The van der Waals surface area contributed by atoms with Crippen LogP contribution in [0.4, 0.5) is 8.78 Å². The summed E-state index contributed by atoms with van der Waals surface area (Å²) in [7, 11) is 0. The van der Waals surface area contributed by atoms with E-state index in [1.807, 2.05) is 0 Å². The van der Waals surface area contributed by atoms with Gasteiger partial charge in [-0.25, -0.2) is 13.6 Å². The molecule has 0 bridgehead atoms. The van der Waals surface area contributed by atoms with Crippen LogP contribution in [0.25, 0.3) is 0 Å². The number of ketones is 1. The molecule has 0 aromatic heterocycles. The van der Waals surface area contributed by atoms with E-state index in [0.717, 1.165) is 18.2 Å². The highest BCUT2D eigenvalue weighted by Crippen LogP contribution is 2.28. The van der Waals surface area contributed by atoms with Gasteiger partial charge in [-0.3, -0.25) is 4.79 Å². The van der Waals surface area contributed by atoms with Crippen LogP contribution in [0.15, 0.2) is 22.7 Å². The molecule has 3 nitrogen and oxygen atoms in total. The van der Waals surface area contributed by atoms with Gasteiger partial charge in [0.15, 0.2) is 0 Å². The lowest BCUT2D eigenvalue weighted by Crippen LogP contribution is -2.12. The van der Waals surface area contributed by atoms with Crippen molar-refractivity contribution in [2.45, 2.75) is 6.43 Å². The zero-order valence-corrected chi connectivity index (χ0v) is 8.79. The number of aliphatic carboxylic acids is 1. The second kappa shape index (κ2) is 4.48. The highest BCUT2D eigenvalue weighted by Gasteiger charge is 2.18. The Balaban J connectivity index is 3.12. The number of halogens is 3. The maximum absolute atomic E-state index is 12.3. The smallest absolute Gasteiger partial charge is 0.377 e. The van der Waals surface area contributed by atoms with Crippen molar-refractivity contribution < 1.29 is 23.5 Å². The lowest BCUT2D eigenvalue weighted by molar-refractivity contribution is -0.131. The number of hydrogen-bond acceptors (Lipinski definition) is 2. The Labute approximate surface area is 91.8 Å². The van der Waals surface area contributed by atoms with E-state index in [4.69, 9.17) is 5.11 Å². The maximum atomic E-state index is 12.3. The van der Waals surface area contributed by atoms with Gasteiger partial charge in [0, 0.05) is 15.6 Å². The monoisotopic (exact) mass is 278 g/mol. The first-order chi connectivity index (χ1) is 6.93. The summed E-state index contributed by atoms with van der Waals surface area (Å²) in [6.45, 7) is 0. The Hall–Kier alpha value is -1.30. The van der Waals surface area contributed by atoms with Crippen LogP contribution in [0.2, 0.25) is 0 Å². The van der Waals surface area contributed by atoms with Crippen molar-refractivity contribution in [1.29, 1.82) is 0 Å². The van der Waals surface area contributed by atoms with Gasteiger partial charge >= 0.3 is 5.97 Å². The number of alkyl halides is 2. The molecule has 0 atom stereocenters. The quantitative estimate of drug-likeness (QED) is 0.683. The summed E-state index contributed by atoms with van der Waals surface area (Å²) in [5.41, 5.74) is -0.421. The van der Waals surface area contributed by atoms with E-state index in [1.54, 1.807) is 0 Å². The summed E-state index contributed by atoms with van der Waals surface area (Å²) in [6, 6.07) is 3.14. The molecule has 15 heavy (non-hydrogen) atoms. The molecule has 6 heteroatoms. The number of carbonyl (C=O) groups excluding carboxylic acids is 1. The summed E-state index contributed by atoms with van der Waals surface area (Å²) >= 11 is 2.84. The van der Waals surface area contributed by atoms with E-state index < -0.39 is 18.2 Å². The lowest BCUT2D eigenvalue weighted by atomic mass is 10.1. The molecular formula is C9H5BrF2O3. The average Bonchev–Trinajstić information content (AvgIpc) is 2.15. The molecule has 1 aromatic carbocycles. The molecule has 80 valence electrons. The second-order valence-electron chi connectivity index (χ2n) is 2.67. The standard InChI is InChI=1S/C9H5BrF2O3/c10-6-3-4(7(13)9(14)15)1-2-5(6)8(11)12/h1-3,8H,(H,14,15). The Morgan fingerprint density at radius 3 is 2.33 bits per heavy atom. The molecular weight excluding hydrogens is 274 g/mol. The minimum Gasteiger partial charge on any atom is -0.475 e. The number of carbonyl (C=O) groups is 2. The molecule has 0 saturated carbocycles. The van der Waals surface area contributed by atoms with Crippen LogP contribution >= 0.6 is 15.9 Å². The fourth-order valence-electron chi connectivity index (χ4n) is 0.969. The van der Waals surface area contributed by atoms with E-state index in [2.05, 4.69) is 15.9 Å². The molecule has 0 aliphatic heterocycles. The fraction of sp³-hybridized carbons (Fsp3) is 0.111. The van der Waals surface area contributed by atoms with Crippen LogP contribution in [0, 0.1) is 0 Å². The van der Waals surface area contributed by atoms with Crippen molar-refractivity contribution in [2.24, 2.45) is 0 Å². The number of carboxylic acids is 1. The summed E-state index contributed by atoms with van der Waals surface area (Å²) in [6.07, 6.45) is -2.67. The summed E-state index contributed by atoms with van der Waals surface area (Å²) in [5, 5.41) is 8.39. The third-order valence-electron chi connectivity index (χ3n) is 1.69. The van der Waals surface area contributed by atoms with E-state index in [1.165, 1.54) is 0 Å². The molecule has 0 aliphatic rings. The minimum absolute atomic E-state index is 0.0181. The van der Waals surface area contributed by atoms with Gasteiger partial charge in [0.2, 0.25) is 0 Å². The van der Waals surface area contributed by atoms with Gasteiger partial charge in [0.1, 0.15) is 0 Å². The molecule has 1 aromatic rings. The minimum atomic E-state index is -2.67. The number of Topliss-reactive ketones (excluding diaryl/α,β-unsaturated/α-hetero) is 1. The first-order valence-corrected chi connectivity index (χ1v) is 4.58. The number of carboxylic acid groups (broad SMARTS) is 1. The SMILES string of the molecule is O=C(O)C(=O)c1ccc(C(F)F)c(Br)c1. The number of rotatable bonds is 3. The molecule has 0 saturated heterocycles. The third-order valence-corrected chi connectivity index (χ3v) is 2.38. The fourth-order valence-corrected chi connectivity index (χ4v) is 1.52. The van der Waals surface area contributed by atoms with Crippen LogP contribution in [-0.2, 0) is 4.79 Å². The van der Waals surface area contributed by atoms with Gasteiger partial charge in [-0.2, -0.15) is 0 Å². The van der Waals surface area contributed by atoms with Crippen molar-refractivity contribution in [1.82, 2.24) is 0 Å². The highest BCUT2D eigenvalue weighted by atomic mass is 79.9. The van der Waals surface area contributed by atoms with E-state index in [0.29, 0.717) is 0 Å². The van der Waals surface area contributed by atoms with Gasteiger partial charge in [0.05, 0.1) is 0 Å². The van der Waals surface area contributed by atoms with Gasteiger partial charge < -0.3 is 5.11 Å².